The van der Waals surface area contributed by atoms with Gasteiger partial charge in [0.25, 0.3) is 5.91 Å². The number of halogens is 1. The van der Waals surface area contributed by atoms with Crippen LogP contribution in [-0.4, -0.2) is 46.9 Å². The van der Waals surface area contributed by atoms with E-state index >= 15 is 0 Å². The van der Waals surface area contributed by atoms with Gasteiger partial charge >= 0.3 is 0 Å². The molecular weight excluding hydrogens is 464 g/mol. The molecule has 1 aliphatic rings. The molecule has 6 nitrogen and oxygen atoms in total. The standard InChI is InChI=1S/C19H21BrN2O4S2/c1-19(2)17(18(23)21-24)22(11-12-27-19)28(25,26)16-9-5-14(6-10-16)13-3-7-15(20)8-4-13/h3-10,17,24H,11-12H2,1-2H3,(H,21,23)/t17-/m0/s1. The molecule has 2 aromatic rings. The number of nitrogens with zero attached hydrogens (tertiary/aromatic N) is 1. The Balaban J connectivity index is 1.95. The fourth-order valence-electron chi connectivity index (χ4n) is 3.32. The number of sulfonamides is 1. The first-order valence-corrected chi connectivity index (χ1v) is 11.8. The number of hydrogen-bond acceptors (Lipinski definition) is 5. The molecule has 0 radical (unpaired) electrons. The van der Waals surface area contributed by atoms with E-state index in [0.29, 0.717) is 5.75 Å². The molecule has 3 rings (SSSR count). The molecule has 1 amide bonds. The van der Waals surface area contributed by atoms with E-state index in [1.807, 2.05) is 24.3 Å². The van der Waals surface area contributed by atoms with Crippen LogP contribution in [0.2, 0.25) is 0 Å². The fraction of sp³-hybridized carbons (Fsp3) is 0.316. The van der Waals surface area contributed by atoms with Crippen LogP contribution in [0.1, 0.15) is 13.8 Å². The van der Waals surface area contributed by atoms with Gasteiger partial charge in [-0.2, -0.15) is 16.1 Å². The van der Waals surface area contributed by atoms with Gasteiger partial charge in [-0.3, -0.25) is 10.0 Å². The van der Waals surface area contributed by atoms with Crippen molar-refractivity contribution in [2.45, 2.75) is 29.5 Å². The van der Waals surface area contributed by atoms with Gasteiger partial charge < -0.3 is 0 Å². The van der Waals surface area contributed by atoms with Crippen LogP contribution in [-0.2, 0) is 14.8 Å². The highest BCUT2D eigenvalue weighted by atomic mass is 79.9. The normalized spacial score (nSPS) is 19.9. The van der Waals surface area contributed by atoms with E-state index in [9.17, 15) is 13.2 Å². The third kappa shape index (κ3) is 4.13. The first-order valence-electron chi connectivity index (χ1n) is 8.62. The summed E-state index contributed by atoms with van der Waals surface area (Å²) in [6, 6.07) is 13.3. The molecule has 0 bridgehead atoms. The van der Waals surface area contributed by atoms with Crippen molar-refractivity contribution in [2.24, 2.45) is 0 Å². The van der Waals surface area contributed by atoms with Crippen molar-refractivity contribution in [3.8, 4) is 11.1 Å². The molecule has 1 saturated heterocycles. The molecule has 28 heavy (non-hydrogen) atoms. The minimum atomic E-state index is -3.90. The summed E-state index contributed by atoms with van der Waals surface area (Å²) in [5.74, 6) is -0.162. The average Bonchev–Trinajstić information content (AvgIpc) is 2.67. The predicted octanol–water partition coefficient (Wildman–Crippen LogP) is 3.51. The van der Waals surface area contributed by atoms with Gasteiger partial charge in [-0.25, -0.2) is 13.9 Å². The Kier molecular flexibility index (Phi) is 6.21. The third-order valence-corrected chi connectivity index (χ3v) is 8.49. The maximum absolute atomic E-state index is 13.2. The topological polar surface area (TPSA) is 86.7 Å². The minimum Gasteiger partial charge on any atom is -0.289 e. The van der Waals surface area contributed by atoms with E-state index in [-0.39, 0.29) is 11.4 Å². The number of hydrogen-bond donors (Lipinski definition) is 2. The minimum absolute atomic E-state index is 0.117. The van der Waals surface area contributed by atoms with Crippen LogP contribution in [0.15, 0.2) is 57.9 Å². The van der Waals surface area contributed by atoms with Gasteiger partial charge in [0.1, 0.15) is 6.04 Å². The maximum Gasteiger partial charge on any atom is 0.263 e. The van der Waals surface area contributed by atoms with Crippen LogP contribution in [0, 0.1) is 0 Å². The van der Waals surface area contributed by atoms with Crippen LogP contribution in [0.4, 0.5) is 0 Å². The first kappa shape index (κ1) is 21.3. The van der Waals surface area contributed by atoms with E-state index in [0.717, 1.165) is 15.6 Å². The van der Waals surface area contributed by atoms with Gasteiger partial charge in [-0.05, 0) is 49.2 Å². The van der Waals surface area contributed by atoms with E-state index < -0.39 is 26.7 Å². The van der Waals surface area contributed by atoms with Crippen LogP contribution in [0.25, 0.3) is 11.1 Å². The Morgan fingerprint density at radius 3 is 2.21 bits per heavy atom. The molecule has 0 spiro atoms. The second-order valence-corrected chi connectivity index (χ2v) is 11.5. The Morgan fingerprint density at radius 2 is 1.68 bits per heavy atom. The van der Waals surface area contributed by atoms with Crippen molar-refractivity contribution in [1.29, 1.82) is 0 Å². The zero-order chi connectivity index (χ0) is 20.5. The summed E-state index contributed by atoms with van der Waals surface area (Å²) in [6.07, 6.45) is 0. The number of hydroxylamine groups is 1. The van der Waals surface area contributed by atoms with Crippen molar-refractivity contribution in [3.63, 3.8) is 0 Å². The zero-order valence-electron chi connectivity index (χ0n) is 15.4. The van der Waals surface area contributed by atoms with Gasteiger partial charge in [0, 0.05) is 21.5 Å². The van der Waals surface area contributed by atoms with E-state index in [1.165, 1.54) is 16.1 Å². The summed E-state index contributed by atoms with van der Waals surface area (Å²) < 4.78 is 28.0. The number of carbonyl (C=O) groups excluding carboxylic acids is 1. The molecule has 0 saturated carbocycles. The van der Waals surface area contributed by atoms with Crippen molar-refractivity contribution in [1.82, 2.24) is 9.79 Å². The molecule has 0 unspecified atom stereocenters. The average molecular weight is 485 g/mol. The SMILES string of the molecule is CC1(C)SCCN(S(=O)(=O)c2ccc(-c3ccc(Br)cc3)cc2)[C@H]1C(=O)NO. The summed E-state index contributed by atoms with van der Waals surface area (Å²) >= 11 is 4.90. The number of carbonyl (C=O) groups is 1. The Labute approximate surface area is 177 Å². The van der Waals surface area contributed by atoms with Gasteiger partial charge in [0.05, 0.1) is 4.90 Å². The number of nitrogens with one attached hydrogen (secondary N) is 1. The second kappa shape index (κ2) is 8.16. The third-order valence-electron chi connectivity index (χ3n) is 4.73. The summed E-state index contributed by atoms with van der Waals surface area (Å²) in [6.45, 7) is 3.80. The summed E-state index contributed by atoms with van der Waals surface area (Å²) in [7, 11) is -3.90. The smallest absolute Gasteiger partial charge is 0.263 e. The number of amides is 1. The van der Waals surface area contributed by atoms with Gasteiger partial charge in [-0.1, -0.05) is 40.2 Å². The molecule has 9 heteroatoms. The molecule has 0 aliphatic carbocycles. The van der Waals surface area contributed by atoms with Gasteiger partial charge in [0.2, 0.25) is 10.0 Å². The van der Waals surface area contributed by atoms with Gasteiger partial charge in [-0.15, -0.1) is 0 Å². The predicted molar refractivity (Wildman–Crippen MR) is 114 cm³/mol. The van der Waals surface area contributed by atoms with Crippen molar-refractivity contribution in [2.75, 3.05) is 12.3 Å². The van der Waals surface area contributed by atoms with E-state index in [4.69, 9.17) is 5.21 Å². The fourth-order valence-corrected chi connectivity index (χ4v) is 6.69. The van der Waals surface area contributed by atoms with Crippen LogP contribution in [0.5, 0.6) is 0 Å². The molecule has 1 aliphatic heterocycles. The highest BCUT2D eigenvalue weighted by Crippen LogP contribution is 2.38. The number of benzene rings is 2. The van der Waals surface area contributed by atoms with E-state index in [1.54, 1.807) is 43.6 Å². The number of rotatable bonds is 4. The molecule has 2 aromatic carbocycles. The summed E-state index contributed by atoms with van der Waals surface area (Å²) in [5, 5.41) is 9.12. The largest absolute Gasteiger partial charge is 0.289 e. The highest BCUT2D eigenvalue weighted by Gasteiger charge is 2.48. The molecule has 1 fully saturated rings. The van der Waals surface area contributed by atoms with Crippen molar-refractivity contribution < 1.29 is 18.4 Å². The van der Waals surface area contributed by atoms with Crippen LogP contribution in [0.3, 0.4) is 0 Å². The highest BCUT2D eigenvalue weighted by molar-refractivity contribution is 9.10. The van der Waals surface area contributed by atoms with Crippen LogP contribution >= 0.6 is 27.7 Å². The molecular formula is C19H21BrN2O4S2. The Morgan fingerprint density at radius 1 is 1.14 bits per heavy atom. The summed E-state index contributed by atoms with van der Waals surface area (Å²) in [5.41, 5.74) is 3.48. The Bertz CT molecular complexity index is 960. The molecule has 0 aromatic heterocycles. The second-order valence-electron chi connectivity index (χ2n) is 6.98. The quantitative estimate of drug-likeness (QED) is 0.512. The Hall–Kier alpha value is -1.39. The van der Waals surface area contributed by atoms with Crippen molar-refractivity contribution in [3.05, 3.63) is 53.0 Å². The monoisotopic (exact) mass is 484 g/mol. The van der Waals surface area contributed by atoms with Gasteiger partial charge in [0.15, 0.2) is 0 Å². The van der Waals surface area contributed by atoms with Crippen molar-refractivity contribution >= 4 is 43.6 Å². The lowest BCUT2D eigenvalue weighted by Gasteiger charge is -2.43. The molecule has 150 valence electrons. The number of thioether (sulfide) groups is 1. The molecule has 1 atom stereocenters. The first-order chi connectivity index (χ1) is 13.2. The molecule has 2 N–H and O–H groups in total. The lowest BCUT2D eigenvalue weighted by atomic mass is 10.0. The lowest BCUT2D eigenvalue weighted by molar-refractivity contribution is -0.134. The zero-order valence-corrected chi connectivity index (χ0v) is 18.6. The lowest BCUT2D eigenvalue weighted by Crippen LogP contribution is -2.61. The van der Waals surface area contributed by atoms with Crippen LogP contribution < -0.4 is 5.48 Å². The maximum atomic E-state index is 13.2. The molecule has 1 heterocycles. The summed E-state index contributed by atoms with van der Waals surface area (Å²) in [4.78, 5) is 12.4. The van der Waals surface area contributed by atoms with E-state index in [2.05, 4.69) is 15.9 Å².